The zero-order valence-electron chi connectivity index (χ0n) is 30.7. The van der Waals surface area contributed by atoms with Crippen LogP contribution < -0.4 is 19.4 Å². The number of nitrogens with zero attached hydrogens (tertiary/aromatic N) is 3. The van der Waals surface area contributed by atoms with E-state index >= 15 is 4.79 Å². The van der Waals surface area contributed by atoms with Crippen LogP contribution in [0.15, 0.2) is 115 Å². The van der Waals surface area contributed by atoms with E-state index in [0.717, 1.165) is 24.4 Å². The highest BCUT2D eigenvalue weighted by atomic mass is 35.5. The van der Waals surface area contributed by atoms with E-state index in [0.29, 0.717) is 47.2 Å². The molecule has 3 heterocycles. The van der Waals surface area contributed by atoms with Crippen LogP contribution in [0.5, 0.6) is 11.5 Å². The number of amides is 4. The number of hydrogen-bond donors (Lipinski definition) is 1. The Bertz CT molecular complexity index is 2300. The molecule has 0 radical (unpaired) electrons. The number of halogens is 1. The largest absolute Gasteiger partial charge is 0.504 e. The number of imide groups is 2. The van der Waals surface area contributed by atoms with Crippen molar-refractivity contribution in [3.8, 4) is 11.5 Å². The van der Waals surface area contributed by atoms with Crippen LogP contribution in [0.2, 0.25) is 5.02 Å². The number of anilines is 3. The van der Waals surface area contributed by atoms with Crippen molar-refractivity contribution in [3.05, 3.63) is 131 Å². The lowest BCUT2D eigenvalue weighted by atomic mass is 9.50. The minimum Gasteiger partial charge on any atom is -0.504 e. The van der Waals surface area contributed by atoms with Gasteiger partial charge >= 0.3 is 0 Å². The number of aromatic hydroxyl groups is 1. The molecule has 4 amide bonds. The van der Waals surface area contributed by atoms with Crippen LogP contribution in [0, 0.1) is 29.6 Å². The number of phenolic OH excluding ortho intramolecular Hbond substituents is 1. The zero-order valence-corrected chi connectivity index (χ0v) is 31.5. The van der Waals surface area contributed by atoms with Gasteiger partial charge in [0.1, 0.15) is 0 Å². The van der Waals surface area contributed by atoms with Gasteiger partial charge in [-0.15, -0.1) is 0 Å². The second-order valence-electron chi connectivity index (χ2n) is 15.1. The number of carbonyl (C=O) groups is 4. The average molecular weight is 770 g/mol. The number of hydrogen-bond acceptors (Lipinski definition) is 8. The van der Waals surface area contributed by atoms with Crippen molar-refractivity contribution in [2.75, 3.05) is 48.1 Å². The van der Waals surface area contributed by atoms with Gasteiger partial charge in [0, 0.05) is 29.7 Å². The molecule has 0 bridgehead atoms. The van der Waals surface area contributed by atoms with Gasteiger partial charge in [-0.3, -0.25) is 24.1 Å². The van der Waals surface area contributed by atoms with Crippen LogP contribution in [0.4, 0.5) is 17.1 Å². The second-order valence-corrected chi connectivity index (χ2v) is 15.5. The summed E-state index contributed by atoms with van der Waals surface area (Å²) in [6.07, 6.45) is 6.36. The maximum absolute atomic E-state index is 15.4. The molecule has 0 spiro atoms. The molecule has 5 aliphatic rings. The van der Waals surface area contributed by atoms with Crippen molar-refractivity contribution >= 4 is 58.4 Å². The molecule has 3 saturated heterocycles. The molecule has 11 heteroatoms. The van der Waals surface area contributed by atoms with Crippen molar-refractivity contribution in [3.63, 3.8) is 0 Å². The van der Waals surface area contributed by atoms with Gasteiger partial charge in [0.25, 0.3) is 0 Å². The van der Waals surface area contributed by atoms with Crippen molar-refractivity contribution in [2.24, 2.45) is 29.6 Å². The highest BCUT2D eigenvalue weighted by molar-refractivity contribution is 6.32. The molecule has 3 aliphatic heterocycles. The lowest BCUT2D eigenvalue weighted by Crippen LogP contribution is -2.54. The van der Waals surface area contributed by atoms with Crippen molar-refractivity contribution in [1.82, 2.24) is 0 Å². The fourth-order valence-electron chi connectivity index (χ4n) is 9.88. The lowest BCUT2D eigenvalue weighted by Gasteiger charge is -2.49. The van der Waals surface area contributed by atoms with E-state index in [9.17, 15) is 19.5 Å². The SMILES string of the molecule is COc1cc(C=C[C@H]2C3=CC[C@@H]4C(=O)N(c5ccc(N6CCOCC6)cc5)C(=O)[C@@H]4[C@@H]3C[C@H]3C(=O)N(c4cccc(Cl)c4)C(=O)[C@@]23c2ccccc2)ccc1O. The molecule has 4 aromatic carbocycles. The third-order valence-electron chi connectivity index (χ3n) is 12.4. The molecular weight excluding hydrogens is 730 g/mol. The standard InChI is InChI=1S/C45H40ClN3O7/c1-55-39-24-27(11-19-38(39)50)10-18-36-33-16-17-34-40(43(53)48(41(34)51)31-14-12-30(13-15-31)47-20-22-56-23-21-47)35(33)26-37-42(52)49(32-9-5-8-29(46)25-32)44(54)45(36,37)28-6-3-2-4-7-28/h2-16,18-19,24-25,34-37,40,50H,17,20-23,26H2,1H3/t34-,35+,36-,37-,40-,45-/m0/s1. The summed E-state index contributed by atoms with van der Waals surface area (Å²) in [7, 11) is 1.47. The predicted molar refractivity (Wildman–Crippen MR) is 212 cm³/mol. The Labute approximate surface area is 329 Å². The van der Waals surface area contributed by atoms with Gasteiger partial charge in [0.05, 0.1) is 54.9 Å². The summed E-state index contributed by atoms with van der Waals surface area (Å²) in [4.78, 5) is 64.1. The summed E-state index contributed by atoms with van der Waals surface area (Å²) >= 11 is 6.43. The first kappa shape index (κ1) is 36.0. The van der Waals surface area contributed by atoms with E-state index in [1.54, 1.807) is 42.5 Å². The van der Waals surface area contributed by atoms with Gasteiger partial charge < -0.3 is 19.5 Å². The smallest absolute Gasteiger partial charge is 0.246 e. The molecule has 2 aliphatic carbocycles. The molecular formula is C45H40ClN3O7. The predicted octanol–water partition coefficient (Wildman–Crippen LogP) is 6.80. The molecule has 4 aromatic rings. The topological polar surface area (TPSA) is 117 Å². The van der Waals surface area contributed by atoms with Crippen LogP contribution in [-0.2, 0) is 29.3 Å². The molecule has 56 heavy (non-hydrogen) atoms. The average Bonchev–Trinajstić information content (AvgIpc) is 3.62. The Balaban J connectivity index is 1.16. The van der Waals surface area contributed by atoms with Gasteiger partial charge in [-0.1, -0.05) is 77.9 Å². The fraction of sp³-hybridized carbons (Fsp3) is 0.289. The fourth-order valence-corrected chi connectivity index (χ4v) is 10.1. The van der Waals surface area contributed by atoms with Crippen LogP contribution in [0.3, 0.4) is 0 Å². The van der Waals surface area contributed by atoms with E-state index in [2.05, 4.69) is 4.90 Å². The highest BCUT2D eigenvalue weighted by Gasteiger charge is 2.69. The highest BCUT2D eigenvalue weighted by Crippen LogP contribution is 2.62. The van der Waals surface area contributed by atoms with Gasteiger partial charge in [-0.2, -0.15) is 0 Å². The molecule has 284 valence electrons. The Morgan fingerprint density at radius 2 is 1.55 bits per heavy atom. The summed E-state index contributed by atoms with van der Waals surface area (Å²) in [6.45, 7) is 2.81. The van der Waals surface area contributed by atoms with E-state index in [4.69, 9.17) is 21.1 Å². The van der Waals surface area contributed by atoms with Crippen molar-refractivity contribution in [2.45, 2.75) is 18.3 Å². The number of ether oxygens (including phenoxy) is 2. The van der Waals surface area contributed by atoms with Gasteiger partial charge in [-0.25, -0.2) is 4.90 Å². The molecule has 1 N–H and O–H groups in total. The maximum Gasteiger partial charge on any atom is 0.246 e. The summed E-state index contributed by atoms with van der Waals surface area (Å²) in [5.41, 5.74) is 2.75. The van der Waals surface area contributed by atoms with Crippen LogP contribution in [-0.4, -0.2) is 62.1 Å². The minimum absolute atomic E-state index is 0.0114. The second kappa shape index (κ2) is 14.1. The molecule has 10 nitrogen and oxygen atoms in total. The zero-order chi connectivity index (χ0) is 38.7. The number of morpholine rings is 1. The monoisotopic (exact) mass is 769 g/mol. The molecule has 0 aromatic heterocycles. The van der Waals surface area contributed by atoms with E-state index in [1.807, 2.05) is 72.8 Å². The quantitative estimate of drug-likeness (QED) is 0.161. The van der Waals surface area contributed by atoms with Gasteiger partial charge in [0.15, 0.2) is 11.5 Å². The molecule has 6 atom stereocenters. The Morgan fingerprint density at radius 3 is 2.29 bits per heavy atom. The molecule has 1 saturated carbocycles. The number of rotatable bonds is 7. The first-order chi connectivity index (χ1) is 27.2. The third kappa shape index (κ3) is 5.57. The van der Waals surface area contributed by atoms with Crippen molar-refractivity contribution in [1.29, 1.82) is 0 Å². The first-order valence-electron chi connectivity index (χ1n) is 19.0. The molecule has 0 unspecified atom stereocenters. The lowest BCUT2D eigenvalue weighted by molar-refractivity contribution is -0.128. The number of benzene rings is 4. The van der Waals surface area contributed by atoms with Crippen LogP contribution >= 0.6 is 11.6 Å². The number of phenols is 1. The Morgan fingerprint density at radius 1 is 0.804 bits per heavy atom. The summed E-state index contributed by atoms with van der Waals surface area (Å²) in [5, 5.41) is 10.7. The number of allylic oxidation sites excluding steroid dienone is 3. The number of fused-ring (bicyclic) bond motifs is 4. The van der Waals surface area contributed by atoms with Crippen LogP contribution in [0.1, 0.15) is 24.0 Å². The van der Waals surface area contributed by atoms with Crippen LogP contribution in [0.25, 0.3) is 6.08 Å². The van der Waals surface area contributed by atoms with Gasteiger partial charge in [0.2, 0.25) is 23.6 Å². The summed E-state index contributed by atoms with van der Waals surface area (Å²) in [6, 6.07) is 28.6. The van der Waals surface area contributed by atoms with E-state index < -0.39 is 35.0 Å². The number of methoxy groups -OCH3 is 1. The summed E-state index contributed by atoms with van der Waals surface area (Å²) < 4.78 is 10.9. The number of carbonyl (C=O) groups excluding carboxylic acids is 4. The summed E-state index contributed by atoms with van der Waals surface area (Å²) in [5.74, 6) is -4.40. The normalized spacial score (nSPS) is 27.4. The van der Waals surface area contributed by atoms with E-state index in [1.165, 1.54) is 16.9 Å². The Kier molecular flexibility index (Phi) is 9.05. The third-order valence-corrected chi connectivity index (χ3v) is 12.6. The van der Waals surface area contributed by atoms with Crippen molar-refractivity contribution < 1.29 is 33.8 Å². The molecule has 4 fully saturated rings. The molecule has 9 rings (SSSR count). The maximum atomic E-state index is 15.4. The Hall–Kier alpha value is -5.71. The van der Waals surface area contributed by atoms with E-state index in [-0.39, 0.29) is 41.5 Å². The van der Waals surface area contributed by atoms with Gasteiger partial charge in [-0.05, 0) is 84.5 Å². The minimum atomic E-state index is -1.38. The first-order valence-corrected chi connectivity index (χ1v) is 19.4.